The first-order valence-electron chi connectivity index (χ1n) is 12.1. The summed E-state index contributed by atoms with van der Waals surface area (Å²) in [6, 6.07) is 14.8. The maximum absolute atomic E-state index is 14.7. The Morgan fingerprint density at radius 1 is 1.05 bits per heavy atom. The number of carbonyl (C=O) groups is 2. The molecule has 1 aliphatic rings. The first kappa shape index (κ1) is 26.8. The zero-order valence-corrected chi connectivity index (χ0v) is 22.6. The van der Waals surface area contributed by atoms with Crippen molar-refractivity contribution in [2.75, 3.05) is 13.2 Å². The lowest BCUT2D eigenvalue weighted by Crippen LogP contribution is -2.37. The van der Waals surface area contributed by atoms with Crippen molar-refractivity contribution in [2.24, 2.45) is 0 Å². The molecule has 11 heteroatoms. The molecule has 1 unspecified atom stereocenters. The van der Waals surface area contributed by atoms with Gasteiger partial charge in [-0.25, -0.2) is 18.6 Å². The number of amides is 3. The zero-order valence-electron chi connectivity index (χ0n) is 20.4. The lowest BCUT2D eigenvalue weighted by atomic mass is 10.0. The summed E-state index contributed by atoms with van der Waals surface area (Å²) in [4.78, 5) is 35.2. The van der Waals surface area contributed by atoms with Gasteiger partial charge in [-0.1, -0.05) is 30.3 Å². The Balaban J connectivity index is 1.48. The standard InChI is InChI=1S/C28H23F2IN4O4/c29-21-4-2-1-3-17(21)13-24(26-32-15-23(33-26)20-10-7-18(31)14-22(20)30)35-27(37)25(34-28(35)38)16-5-8-19(9-6-16)39-12-11-36/h1-10,14-15,24-25,36H,11-13H2,(H,32,33)(H,34,38)/t24-,25?/m1/s1. The highest BCUT2D eigenvalue weighted by Crippen LogP contribution is 2.34. The Bertz CT molecular complexity index is 1510. The normalized spacial score (nSPS) is 15.9. The molecule has 0 bridgehead atoms. The van der Waals surface area contributed by atoms with Gasteiger partial charge in [0.2, 0.25) is 0 Å². The van der Waals surface area contributed by atoms with Crippen LogP contribution in [0.3, 0.4) is 0 Å². The minimum atomic E-state index is -0.993. The number of carbonyl (C=O) groups excluding carboxylic acids is 2. The summed E-state index contributed by atoms with van der Waals surface area (Å²) in [5.41, 5.74) is 1.45. The van der Waals surface area contributed by atoms with Crippen molar-refractivity contribution in [1.82, 2.24) is 20.2 Å². The number of ether oxygens (including phenoxy) is 1. The minimum absolute atomic E-state index is 0.0470. The van der Waals surface area contributed by atoms with Crippen LogP contribution in [-0.4, -0.2) is 45.1 Å². The Hall–Kier alpha value is -3.84. The fourth-order valence-corrected chi connectivity index (χ4v) is 4.92. The lowest BCUT2D eigenvalue weighted by Gasteiger charge is -2.24. The summed E-state index contributed by atoms with van der Waals surface area (Å²) in [6.07, 6.45) is 1.38. The average Bonchev–Trinajstić information content (AvgIpc) is 3.52. The van der Waals surface area contributed by atoms with Crippen LogP contribution in [0, 0.1) is 15.2 Å². The van der Waals surface area contributed by atoms with Crippen molar-refractivity contribution in [1.29, 1.82) is 0 Å². The molecule has 2 atom stereocenters. The fourth-order valence-electron chi connectivity index (χ4n) is 4.47. The maximum Gasteiger partial charge on any atom is 0.325 e. The van der Waals surface area contributed by atoms with E-state index in [1.165, 1.54) is 18.3 Å². The molecule has 0 radical (unpaired) electrons. The summed E-state index contributed by atoms with van der Waals surface area (Å²) in [5.74, 6) is -0.763. The van der Waals surface area contributed by atoms with E-state index in [0.29, 0.717) is 17.0 Å². The van der Waals surface area contributed by atoms with Gasteiger partial charge in [-0.05, 0) is 70.1 Å². The predicted octanol–water partition coefficient (Wildman–Crippen LogP) is 4.91. The second-order valence-corrected chi connectivity index (χ2v) is 10.1. The van der Waals surface area contributed by atoms with E-state index in [2.05, 4.69) is 15.3 Å². The van der Waals surface area contributed by atoms with Gasteiger partial charge in [0.15, 0.2) is 0 Å². The monoisotopic (exact) mass is 644 g/mol. The van der Waals surface area contributed by atoms with E-state index in [-0.39, 0.29) is 36.6 Å². The largest absolute Gasteiger partial charge is 0.491 e. The molecular weight excluding hydrogens is 621 g/mol. The van der Waals surface area contributed by atoms with Gasteiger partial charge in [-0.15, -0.1) is 0 Å². The molecule has 3 amide bonds. The quantitative estimate of drug-likeness (QED) is 0.178. The highest BCUT2D eigenvalue weighted by atomic mass is 127. The minimum Gasteiger partial charge on any atom is -0.491 e. The number of aliphatic hydroxyl groups excluding tert-OH is 1. The van der Waals surface area contributed by atoms with Crippen LogP contribution in [0.2, 0.25) is 0 Å². The van der Waals surface area contributed by atoms with Crippen LogP contribution in [0.5, 0.6) is 5.75 Å². The third-order valence-corrected chi connectivity index (χ3v) is 7.03. The van der Waals surface area contributed by atoms with Crippen LogP contribution in [-0.2, 0) is 11.2 Å². The van der Waals surface area contributed by atoms with Crippen molar-refractivity contribution in [3.8, 4) is 17.0 Å². The molecule has 39 heavy (non-hydrogen) atoms. The molecule has 8 nitrogen and oxygen atoms in total. The van der Waals surface area contributed by atoms with E-state index in [0.717, 1.165) is 8.47 Å². The number of hydrogen-bond acceptors (Lipinski definition) is 5. The first-order chi connectivity index (χ1) is 18.9. The highest BCUT2D eigenvalue weighted by molar-refractivity contribution is 14.1. The van der Waals surface area contributed by atoms with E-state index < -0.39 is 35.7 Å². The Labute approximate surface area is 236 Å². The highest BCUT2D eigenvalue weighted by Gasteiger charge is 2.44. The predicted molar refractivity (Wildman–Crippen MR) is 147 cm³/mol. The summed E-state index contributed by atoms with van der Waals surface area (Å²) in [5, 5.41) is 11.6. The number of halogens is 3. The van der Waals surface area contributed by atoms with Crippen molar-refractivity contribution in [2.45, 2.75) is 18.5 Å². The van der Waals surface area contributed by atoms with Gasteiger partial charge in [-0.2, -0.15) is 0 Å². The molecular formula is C28H23F2IN4O4. The number of urea groups is 1. The molecule has 1 aromatic heterocycles. The molecule has 4 aromatic rings. The average molecular weight is 644 g/mol. The topological polar surface area (TPSA) is 108 Å². The van der Waals surface area contributed by atoms with Gasteiger partial charge in [0.1, 0.15) is 41.9 Å². The Morgan fingerprint density at radius 2 is 1.82 bits per heavy atom. The molecule has 0 saturated carbocycles. The first-order valence-corrected chi connectivity index (χ1v) is 13.1. The van der Waals surface area contributed by atoms with Gasteiger partial charge >= 0.3 is 6.03 Å². The molecule has 1 aliphatic heterocycles. The van der Waals surface area contributed by atoms with Gasteiger partial charge in [0, 0.05) is 15.6 Å². The summed E-state index contributed by atoms with van der Waals surface area (Å²) >= 11 is 2.01. The number of imide groups is 1. The number of nitrogens with one attached hydrogen (secondary N) is 2. The molecule has 3 N–H and O–H groups in total. The summed E-state index contributed by atoms with van der Waals surface area (Å²) in [7, 11) is 0. The van der Waals surface area contributed by atoms with E-state index in [1.807, 2.05) is 22.6 Å². The number of aromatic nitrogens is 2. The number of hydrogen-bond donors (Lipinski definition) is 3. The number of imidazole rings is 1. The van der Waals surface area contributed by atoms with Crippen LogP contribution in [0.4, 0.5) is 13.6 Å². The molecule has 0 spiro atoms. The summed E-state index contributed by atoms with van der Waals surface area (Å²) in [6.45, 7) is -0.0107. The van der Waals surface area contributed by atoms with Crippen LogP contribution in [0.1, 0.15) is 29.0 Å². The number of benzene rings is 3. The van der Waals surface area contributed by atoms with Gasteiger partial charge in [0.25, 0.3) is 5.91 Å². The SMILES string of the molecule is O=C1NC(c2ccc(OCCO)cc2)C(=O)N1[C@H](Cc1ccccc1F)c1ncc(-c2ccc(I)cc2F)[nH]1. The zero-order chi connectivity index (χ0) is 27.5. The molecule has 200 valence electrons. The Kier molecular flexibility index (Phi) is 7.89. The van der Waals surface area contributed by atoms with Crippen LogP contribution < -0.4 is 10.1 Å². The number of nitrogens with zero attached hydrogens (tertiary/aromatic N) is 2. The molecule has 0 aliphatic carbocycles. The second kappa shape index (κ2) is 11.5. The van der Waals surface area contributed by atoms with Crippen LogP contribution >= 0.6 is 22.6 Å². The van der Waals surface area contributed by atoms with E-state index in [4.69, 9.17) is 9.84 Å². The van der Waals surface area contributed by atoms with Crippen molar-refractivity contribution in [3.63, 3.8) is 0 Å². The van der Waals surface area contributed by atoms with Crippen LogP contribution in [0.25, 0.3) is 11.3 Å². The van der Waals surface area contributed by atoms with E-state index >= 15 is 0 Å². The second-order valence-electron chi connectivity index (χ2n) is 8.85. The third kappa shape index (κ3) is 5.64. The van der Waals surface area contributed by atoms with Crippen LogP contribution in [0.15, 0.2) is 72.9 Å². The van der Waals surface area contributed by atoms with Crippen molar-refractivity contribution >= 4 is 34.5 Å². The van der Waals surface area contributed by atoms with E-state index in [1.54, 1.807) is 54.6 Å². The van der Waals surface area contributed by atoms with Crippen molar-refractivity contribution < 1.29 is 28.2 Å². The molecule has 5 rings (SSSR count). The van der Waals surface area contributed by atoms with E-state index in [9.17, 15) is 18.4 Å². The van der Waals surface area contributed by atoms with Gasteiger partial charge < -0.3 is 20.1 Å². The van der Waals surface area contributed by atoms with Crippen molar-refractivity contribution in [3.05, 3.63) is 105 Å². The molecule has 1 fully saturated rings. The third-order valence-electron chi connectivity index (χ3n) is 6.36. The maximum atomic E-state index is 14.7. The number of rotatable bonds is 9. The van der Waals surface area contributed by atoms with Gasteiger partial charge in [-0.3, -0.25) is 9.69 Å². The van der Waals surface area contributed by atoms with Gasteiger partial charge in [0.05, 0.1) is 18.5 Å². The number of aliphatic hydroxyl groups is 1. The molecule has 1 saturated heterocycles. The number of H-pyrrole nitrogens is 1. The fraction of sp³-hybridized carbons (Fsp3) is 0.179. The molecule has 3 aromatic carbocycles. The number of aromatic amines is 1. The lowest BCUT2D eigenvalue weighted by molar-refractivity contribution is -0.129. The molecule has 2 heterocycles. The summed E-state index contributed by atoms with van der Waals surface area (Å²) < 4.78 is 35.4. The Morgan fingerprint density at radius 3 is 2.54 bits per heavy atom. The smallest absolute Gasteiger partial charge is 0.325 e.